The lowest BCUT2D eigenvalue weighted by Crippen LogP contribution is -2.43. The monoisotopic (exact) mass is 277 g/mol. The highest BCUT2D eigenvalue weighted by Crippen LogP contribution is 2.35. The molecule has 0 bridgehead atoms. The van der Waals surface area contributed by atoms with Crippen LogP contribution in [0.25, 0.3) is 0 Å². The fourth-order valence-corrected chi connectivity index (χ4v) is 2.81. The van der Waals surface area contributed by atoms with E-state index in [0.29, 0.717) is 6.42 Å². The van der Waals surface area contributed by atoms with Crippen LogP contribution in [-0.4, -0.2) is 26.2 Å². The van der Waals surface area contributed by atoms with Crippen molar-refractivity contribution in [2.24, 2.45) is 0 Å². The molecule has 0 spiro atoms. The Bertz CT molecular complexity index is 383. The van der Waals surface area contributed by atoms with Gasteiger partial charge in [-0.25, -0.2) is 0 Å². The molecule has 20 heavy (non-hydrogen) atoms. The van der Waals surface area contributed by atoms with Crippen molar-refractivity contribution in [2.75, 3.05) is 20.2 Å². The van der Waals surface area contributed by atoms with E-state index in [1.165, 1.54) is 12.7 Å². The number of hydrogen-bond acceptors (Lipinski definition) is 3. The zero-order chi connectivity index (χ0) is 14.8. The Hall–Kier alpha value is -1.35. The number of nitrogens with one attached hydrogen (secondary N) is 1. The van der Waals surface area contributed by atoms with E-state index in [4.69, 9.17) is 4.74 Å². The molecule has 1 saturated heterocycles. The van der Waals surface area contributed by atoms with E-state index >= 15 is 0 Å². The first-order valence-electron chi connectivity index (χ1n) is 7.60. The summed E-state index contributed by atoms with van der Waals surface area (Å²) < 4.78 is 4.76. The van der Waals surface area contributed by atoms with E-state index in [2.05, 4.69) is 29.6 Å². The first-order chi connectivity index (χ1) is 9.77. The topological polar surface area (TPSA) is 38.3 Å². The van der Waals surface area contributed by atoms with Gasteiger partial charge in [0, 0.05) is 18.4 Å². The SMILES string of the molecule is CC.COC(=O)CCC1(c2ccccc2)CCCNC1. The largest absolute Gasteiger partial charge is 0.469 e. The number of rotatable bonds is 4. The molecule has 0 aliphatic carbocycles. The average molecular weight is 277 g/mol. The minimum atomic E-state index is -0.115. The van der Waals surface area contributed by atoms with Crippen LogP contribution in [0.5, 0.6) is 0 Å². The van der Waals surface area contributed by atoms with Crippen molar-refractivity contribution in [3.05, 3.63) is 35.9 Å². The fourth-order valence-electron chi connectivity index (χ4n) is 2.81. The zero-order valence-electron chi connectivity index (χ0n) is 12.9. The summed E-state index contributed by atoms with van der Waals surface area (Å²) in [6.45, 7) is 6.03. The summed E-state index contributed by atoms with van der Waals surface area (Å²) in [6.07, 6.45) is 3.65. The van der Waals surface area contributed by atoms with Gasteiger partial charge in [0.2, 0.25) is 0 Å². The number of carbonyl (C=O) groups excluding carboxylic acids is 1. The molecular formula is C17H27NO2. The summed E-state index contributed by atoms with van der Waals surface area (Å²) in [5, 5.41) is 3.46. The molecule has 1 atom stereocenters. The lowest BCUT2D eigenvalue weighted by molar-refractivity contribution is -0.141. The minimum absolute atomic E-state index is 0.0910. The Kier molecular flexibility index (Phi) is 7.31. The second kappa shape index (κ2) is 8.75. The molecular weight excluding hydrogens is 250 g/mol. The molecule has 1 unspecified atom stereocenters. The van der Waals surface area contributed by atoms with Crippen LogP contribution in [0.1, 0.15) is 45.1 Å². The van der Waals surface area contributed by atoms with E-state index in [0.717, 1.165) is 32.4 Å². The van der Waals surface area contributed by atoms with Crippen molar-refractivity contribution in [1.29, 1.82) is 0 Å². The third kappa shape index (κ3) is 4.34. The van der Waals surface area contributed by atoms with Crippen molar-refractivity contribution in [3.8, 4) is 0 Å². The van der Waals surface area contributed by atoms with Crippen molar-refractivity contribution < 1.29 is 9.53 Å². The molecule has 1 aliphatic rings. The molecule has 1 fully saturated rings. The first kappa shape index (κ1) is 16.7. The molecule has 0 radical (unpaired) electrons. The second-order valence-electron chi connectivity index (χ2n) is 5.00. The highest BCUT2D eigenvalue weighted by atomic mass is 16.5. The van der Waals surface area contributed by atoms with Gasteiger partial charge in [0.1, 0.15) is 0 Å². The van der Waals surface area contributed by atoms with Gasteiger partial charge in [-0.2, -0.15) is 0 Å². The predicted octanol–water partition coefficient (Wildman–Crippen LogP) is 3.29. The number of esters is 1. The number of piperidine rings is 1. The van der Waals surface area contributed by atoms with Crippen molar-refractivity contribution >= 4 is 5.97 Å². The summed E-state index contributed by atoms with van der Waals surface area (Å²) in [5.41, 5.74) is 1.43. The summed E-state index contributed by atoms with van der Waals surface area (Å²) in [5.74, 6) is -0.115. The molecule has 1 aliphatic heterocycles. The second-order valence-corrected chi connectivity index (χ2v) is 5.00. The van der Waals surface area contributed by atoms with Crippen molar-refractivity contribution in [3.63, 3.8) is 0 Å². The van der Waals surface area contributed by atoms with E-state index < -0.39 is 0 Å². The van der Waals surface area contributed by atoms with Gasteiger partial charge in [0.15, 0.2) is 0 Å². The summed E-state index contributed by atoms with van der Waals surface area (Å²) in [6, 6.07) is 10.5. The summed E-state index contributed by atoms with van der Waals surface area (Å²) in [4.78, 5) is 11.4. The van der Waals surface area contributed by atoms with Gasteiger partial charge in [-0.15, -0.1) is 0 Å². The van der Waals surface area contributed by atoms with Crippen LogP contribution < -0.4 is 5.32 Å². The minimum Gasteiger partial charge on any atom is -0.469 e. The predicted molar refractivity (Wildman–Crippen MR) is 82.8 cm³/mol. The highest BCUT2D eigenvalue weighted by Gasteiger charge is 2.34. The lowest BCUT2D eigenvalue weighted by atomic mass is 9.71. The van der Waals surface area contributed by atoms with Crippen molar-refractivity contribution in [1.82, 2.24) is 5.32 Å². The van der Waals surface area contributed by atoms with Crippen LogP contribution >= 0.6 is 0 Å². The Balaban J connectivity index is 0.000000956. The average Bonchev–Trinajstić information content (AvgIpc) is 2.56. The van der Waals surface area contributed by atoms with Crippen LogP contribution in [-0.2, 0) is 14.9 Å². The molecule has 1 aromatic carbocycles. The van der Waals surface area contributed by atoms with Gasteiger partial charge in [-0.1, -0.05) is 44.2 Å². The van der Waals surface area contributed by atoms with Crippen LogP contribution in [0.2, 0.25) is 0 Å². The number of methoxy groups -OCH3 is 1. The Labute approximate surface area is 122 Å². The Morgan fingerprint density at radius 2 is 2.00 bits per heavy atom. The summed E-state index contributed by atoms with van der Waals surface area (Å²) >= 11 is 0. The smallest absolute Gasteiger partial charge is 0.305 e. The van der Waals surface area contributed by atoms with Crippen LogP contribution in [0.15, 0.2) is 30.3 Å². The summed E-state index contributed by atoms with van der Waals surface area (Å²) in [7, 11) is 1.46. The number of hydrogen-bond donors (Lipinski definition) is 1. The molecule has 1 N–H and O–H groups in total. The van der Waals surface area contributed by atoms with E-state index in [1.54, 1.807) is 0 Å². The fraction of sp³-hybridized carbons (Fsp3) is 0.588. The molecule has 1 aromatic rings. The molecule has 3 nitrogen and oxygen atoms in total. The van der Waals surface area contributed by atoms with Gasteiger partial charge in [0.25, 0.3) is 0 Å². The maximum absolute atomic E-state index is 11.4. The maximum Gasteiger partial charge on any atom is 0.305 e. The van der Waals surface area contributed by atoms with E-state index in [1.807, 2.05) is 19.9 Å². The highest BCUT2D eigenvalue weighted by molar-refractivity contribution is 5.69. The standard InChI is InChI=1S/C15H21NO2.C2H6/c1-18-14(17)8-10-15(9-5-11-16-12-15)13-6-3-2-4-7-13;1-2/h2-4,6-7,16H,5,8-12H2,1H3;1-2H3. The molecule has 1 heterocycles. The molecule has 2 rings (SSSR count). The lowest BCUT2D eigenvalue weighted by Gasteiger charge is -2.38. The number of benzene rings is 1. The molecule has 112 valence electrons. The van der Waals surface area contributed by atoms with Crippen LogP contribution in [0.4, 0.5) is 0 Å². The maximum atomic E-state index is 11.4. The molecule has 0 aromatic heterocycles. The number of ether oxygens (including phenoxy) is 1. The van der Waals surface area contributed by atoms with Gasteiger partial charge in [-0.3, -0.25) is 4.79 Å². The van der Waals surface area contributed by atoms with E-state index in [-0.39, 0.29) is 11.4 Å². The van der Waals surface area contributed by atoms with Gasteiger partial charge in [-0.05, 0) is 31.4 Å². The quantitative estimate of drug-likeness (QED) is 0.858. The first-order valence-corrected chi connectivity index (χ1v) is 7.60. The van der Waals surface area contributed by atoms with Crippen LogP contribution in [0.3, 0.4) is 0 Å². The Morgan fingerprint density at radius 3 is 2.55 bits per heavy atom. The molecule has 0 amide bonds. The number of carbonyl (C=O) groups is 1. The van der Waals surface area contributed by atoms with E-state index in [9.17, 15) is 4.79 Å². The normalized spacial score (nSPS) is 21.6. The van der Waals surface area contributed by atoms with Gasteiger partial charge in [0.05, 0.1) is 7.11 Å². The van der Waals surface area contributed by atoms with Gasteiger partial charge >= 0.3 is 5.97 Å². The third-order valence-corrected chi connectivity index (χ3v) is 3.89. The molecule has 3 heteroatoms. The van der Waals surface area contributed by atoms with Gasteiger partial charge < -0.3 is 10.1 Å². The molecule has 0 saturated carbocycles. The Morgan fingerprint density at radius 1 is 1.30 bits per heavy atom. The van der Waals surface area contributed by atoms with Crippen LogP contribution in [0, 0.1) is 0 Å². The van der Waals surface area contributed by atoms with Crippen molar-refractivity contribution in [2.45, 2.75) is 44.9 Å². The zero-order valence-corrected chi connectivity index (χ0v) is 12.9. The third-order valence-electron chi connectivity index (χ3n) is 3.89.